The van der Waals surface area contributed by atoms with Crippen molar-refractivity contribution >= 4 is 42.2 Å². The summed E-state index contributed by atoms with van der Waals surface area (Å²) in [6.07, 6.45) is 5.59. The fraction of sp³-hybridized carbons (Fsp3) is 0.560. The van der Waals surface area contributed by atoms with Crippen LogP contribution in [0.4, 0.5) is 0 Å². The molecule has 43 heavy (non-hydrogen) atoms. The number of nitrogens with two attached hydrogens (primary N) is 2. The molecule has 0 saturated heterocycles. The Hall–Kier alpha value is -4.00. The molecule has 2 aromatic rings. The number of amides is 4. The number of H-pyrrole nitrogens is 2. The minimum atomic E-state index is -1.55. The van der Waals surface area contributed by atoms with E-state index < -0.39 is 65.9 Å². The van der Waals surface area contributed by atoms with E-state index in [4.69, 9.17) is 11.5 Å². The number of nitrogens with zero attached hydrogens (tertiary/aromatic N) is 2. The van der Waals surface area contributed by atoms with Crippen LogP contribution in [-0.4, -0.2) is 108 Å². The number of imidazole rings is 2. The second-order valence-electron chi connectivity index (χ2n) is 9.88. The lowest BCUT2D eigenvalue weighted by Gasteiger charge is -2.27. The molecule has 2 heterocycles. The number of carbonyl (C=O) groups is 5. The number of aliphatic carboxylic acids is 1. The highest BCUT2D eigenvalue weighted by Crippen LogP contribution is 2.06. The van der Waals surface area contributed by atoms with Gasteiger partial charge in [-0.3, -0.25) is 19.2 Å². The van der Waals surface area contributed by atoms with Crippen molar-refractivity contribution in [1.29, 1.82) is 0 Å². The van der Waals surface area contributed by atoms with Crippen LogP contribution in [0.1, 0.15) is 37.6 Å². The normalized spacial score (nSPS) is 15.3. The number of aliphatic hydroxyl groups is 1. The molecule has 0 bridgehead atoms. The molecule has 0 spiro atoms. The molecule has 0 fully saturated rings. The molecule has 0 aliphatic rings. The first-order valence-electron chi connectivity index (χ1n) is 13.6. The average Bonchev–Trinajstić information content (AvgIpc) is 3.67. The number of rotatable bonds is 19. The molecule has 4 amide bonds. The van der Waals surface area contributed by atoms with E-state index in [2.05, 4.69) is 53.8 Å². The lowest BCUT2D eigenvalue weighted by molar-refractivity contribution is -0.142. The van der Waals surface area contributed by atoms with Gasteiger partial charge in [0.15, 0.2) is 0 Å². The van der Waals surface area contributed by atoms with Crippen LogP contribution in [0.25, 0.3) is 0 Å². The molecule has 18 heteroatoms. The molecule has 238 valence electrons. The summed E-state index contributed by atoms with van der Waals surface area (Å²) in [5.74, 6) is -4.68. The zero-order valence-corrected chi connectivity index (χ0v) is 24.5. The van der Waals surface area contributed by atoms with E-state index in [1.807, 2.05) is 0 Å². The van der Waals surface area contributed by atoms with Gasteiger partial charge in [0.25, 0.3) is 0 Å². The number of unbranched alkanes of at least 4 members (excludes halogenated alkanes) is 1. The summed E-state index contributed by atoms with van der Waals surface area (Å²) in [5, 5.41) is 29.5. The van der Waals surface area contributed by atoms with E-state index in [1.165, 1.54) is 32.0 Å². The number of hydrogen-bond acceptors (Lipinski definition) is 11. The first kappa shape index (κ1) is 35.2. The zero-order valence-electron chi connectivity index (χ0n) is 23.7. The third-order valence-corrected chi connectivity index (χ3v) is 6.75. The van der Waals surface area contributed by atoms with Crippen molar-refractivity contribution in [2.45, 2.75) is 75.3 Å². The fourth-order valence-corrected chi connectivity index (χ4v) is 4.22. The number of aromatic amines is 2. The van der Waals surface area contributed by atoms with E-state index in [9.17, 15) is 34.2 Å². The maximum absolute atomic E-state index is 13.3. The van der Waals surface area contributed by atoms with E-state index in [0.717, 1.165) is 0 Å². The van der Waals surface area contributed by atoms with E-state index in [-0.39, 0.29) is 25.0 Å². The van der Waals surface area contributed by atoms with Crippen LogP contribution in [0, 0.1) is 0 Å². The van der Waals surface area contributed by atoms with Crippen molar-refractivity contribution in [1.82, 2.24) is 41.2 Å². The van der Waals surface area contributed by atoms with Crippen molar-refractivity contribution in [3.63, 3.8) is 0 Å². The molecule has 6 atom stereocenters. The summed E-state index contributed by atoms with van der Waals surface area (Å²) in [6, 6.07) is -6.32. The molecule has 0 unspecified atom stereocenters. The molecular formula is C25H40N10O7S. The average molecular weight is 625 g/mol. The number of carboxylic acids is 1. The Bertz CT molecular complexity index is 1180. The van der Waals surface area contributed by atoms with Gasteiger partial charge in [-0.25, -0.2) is 14.8 Å². The van der Waals surface area contributed by atoms with E-state index in [1.54, 1.807) is 0 Å². The minimum Gasteiger partial charge on any atom is -0.480 e. The predicted molar refractivity (Wildman–Crippen MR) is 156 cm³/mol. The third kappa shape index (κ3) is 11.7. The summed E-state index contributed by atoms with van der Waals surface area (Å²) in [7, 11) is 0. The lowest BCUT2D eigenvalue weighted by Crippen LogP contribution is -2.61. The number of hydrogen-bond donors (Lipinski definition) is 11. The standard InChI is InChI=1S/C25H40N10O7S/c1-13(36)20(24(40)34-19(10-43)23(39)32-17(25(41)42)4-2-3-5-26)35-22(38)18(7-15-9-29-12-31-15)33-21(37)16(27)6-14-8-28-11-30-14/h8-9,11-13,16-20,36,43H,2-7,10,26-27H2,1H3,(H,28,30)(H,29,31)(H,32,39)(H,33,37)(H,34,40)(H,35,38)(H,41,42)/t13-,16+,17+,18+,19+,20+/m1/s1. The fourth-order valence-electron chi connectivity index (χ4n) is 3.97. The molecule has 2 rings (SSSR count). The van der Waals surface area contributed by atoms with Gasteiger partial charge >= 0.3 is 5.97 Å². The molecule has 0 radical (unpaired) electrons. The van der Waals surface area contributed by atoms with Crippen LogP contribution in [0.3, 0.4) is 0 Å². The van der Waals surface area contributed by atoms with Gasteiger partial charge in [0, 0.05) is 42.4 Å². The van der Waals surface area contributed by atoms with Gasteiger partial charge in [0.1, 0.15) is 24.2 Å². The summed E-state index contributed by atoms with van der Waals surface area (Å²) in [4.78, 5) is 77.1. The molecule has 0 aromatic carbocycles. The molecular weight excluding hydrogens is 584 g/mol. The van der Waals surface area contributed by atoms with Crippen molar-refractivity contribution in [2.24, 2.45) is 11.5 Å². The van der Waals surface area contributed by atoms with Crippen LogP contribution in [0.15, 0.2) is 25.0 Å². The molecule has 12 N–H and O–H groups in total. The number of nitrogens with one attached hydrogen (secondary N) is 6. The quantitative estimate of drug-likeness (QED) is 0.0544. The number of thiol groups is 1. The second-order valence-corrected chi connectivity index (χ2v) is 10.2. The molecule has 2 aromatic heterocycles. The van der Waals surface area contributed by atoms with Crippen LogP contribution in [0.5, 0.6) is 0 Å². The summed E-state index contributed by atoms with van der Waals surface area (Å²) < 4.78 is 0. The van der Waals surface area contributed by atoms with Gasteiger partial charge in [-0.1, -0.05) is 0 Å². The predicted octanol–water partition coefficient (Wildman–Crippen LogP) is -3.29. The maximum Gasteiger partial charge on any atom is 0.326 e. The van der Waals surface area contributed by atoms with E-state index >= 15 is 0 Å². The first-order valence-corrected chi connectivity index (χ1v) is 14.2. The summed E-state index contributed by atoms with van der Waals surface area (Å²) >= 11 is 4.09. The smallest absolute Gasteiger partial charge is 0.326 e. The van der Waals surface area contributed by atoms with Crippen LogP contribution < -0.4 is 32.7 Å². The molecule has 0 aliphatic carbocycles. The number of aromatic nitrogens is 4. The maximum atomic E-state index is 13.3. The van der Waals surface area contributed by atoms with Crippen molar-refractivity contribution in [3.8, 4) is 0 Å². The first-order chi connectivity index (χ1) is 20.5. The molecule has 0 aliphatic heterocycles. The SMILES string of the molecule is C[C@@H](O)[C@H](NC(=O)[C@H](Cc1cnc[nH]1)NC(=O)[C@@H](N)Cc1cnc[nH]1)C(=O)N[C@@H](CS)C(=O)N[C@@H](CCCCN)C(=O)O. The number of carbonyl (C=O) groups excluding carboxylic acids is 4. The van der Waals surface area contributed by atoms with Crippen LogP contribution in [0.2, 0.25) is 0 Å². The van der Waals surface area contributed by atoms with Gasteiger partial charge in [0.2, 0.25) is 23.6 Å². The monoisotopic (exact) mass is 624 g/mol. The summed E-state index contributed by atoms with van der Waals surface area (Å²) in [5.41, 5.74) is 12.6. The number of aliphatic hydroxyl groups excluding tert-OH is 1. The van der Waals surface area contributed by atoms with Crippen molar-refractivity contribution in [2.75, 3.05) is 12.3 Å². The van der Waals surface area contributed by atoms with Gasteiger partial charge in [0.05, 0.1) is 24.8 Å². The highest BCUT2D eigenvalue weighted by molar-refractivity contribution is 7.80. The third-order valence-electron chi connectivity index (χ3n) is 6.38. The Kier molecular flexibility index (Phi) is 14.6. The van der Waals surface area contributed by atoms with Crippen LogP contribution in [-0.2, 0) is 36.8 Å². The Morgan fingerprint density at radius 2 is 1.42 bits per heavy atom. The Balaban J connectivity index is 2.11. The Morgan fingerprint density at radius 3 is 1.93 bits per heavy atom. The Labute approximate surface area is 253 Å². The van der Waals surface area contributed by atoms with Gasteiger partial charge in [-0.2, -0.15) is 12.6 Å². The highest BCUT2D eigenvalue weighted by Gasteiger charge is 2.33. The summed E-state index contributed by atoms with van der Waals surface area (Å²) in [6.45, 7) is 1.62. The largest absolute Gasteiger partial charge is 0.480 e. The molecule has 0 saturated carbocycles. The van der Waals surface area contributed by atoms with Gasteiger partial charge < -0.3 is 52.9 Å². The second kappa shape index (κ2) is 17.8. The Morgan fingerprint density at radius 1 is 0.860 bits per heavy atom. The van der Waals surface area contributed by atoms with Crippen molar-refractivity contribution in [3.05, 3.63) is 36.4 Å². The van der Waals surface area contributed by atoms with Crippen LogP contribution >= 0.6 is 12.6 Å². The van der Waals surface area contributed by atoms with Crippen molar-refractivity contribution < 1.29 is 34.2 Å². The zero-order chi connectivity index (χ0) is 31.9. The van der Waals surface area contributed by atoms with Gasteiger partial charge in [-0.05, 0) is 32.7 Å². The molecule has 17 nitrogen and oxygen atoms in total. The topological polar surface area (TPSA) is 283 Å². The highest BCUT2D eigenvalue weighted by atomic mass is 32.1. The lowest BCUT2D eigenvalue weighted by atomic mass is 10.1. The number of carboxylic acid groups (broad SMARTS) is 1. The minimum absolute atomic E-state index is 0.0507. The van der Waals surface area contributed by atoms with Gasteiger partial charge in [-0.15, -0.1) is 0 Å². The van der Waals surface area contributed by atoms with E-state index in [0.29, 0.717) is 30.8 Å².